The predicted molar refractivity (Wildman–Crippen MR) is 117 cm³/mol. The molecule has 1 unspecified atom stereocenters. The van der Waals surface area contributed by atoms with Crippen molar-refractivity contribution in [3.8, 4) is 5.75 Å². The summed E-state index contributed by atoms with van der Waals surface area (Å²) in [6.45, 7) is 3.88. The molecule has 0 aliphatic rings. The fraction of sp³-hybridized carbons (Fsp3) is 0.250. The summed E-state index contributed by atoms with van der Waals surface area (Å²) in [4.78, 5) is 17.0. The van der Waals surface area contributed by atoms with Crippen molar-refractivity contribution in [3.05, 3.63) is 89.2 Å². The Balaban J connectivity index is 1.81. The Hall–Kier alpha value is -3.55. The number of aromatic nitrogens is 1. The smallest absolute Gasteiger partial charge is 0.418 e. The van der Waals surface area contributed by atoms with Gasteiger partial charge in [0.2, 0.25) is 0 Å². The van der Waals surface area contributed by atoms with Gasteiger partial charge in [-0.15, -0.1) is 0 Å². The number of alkyl halides is 3. The summed E-state index contributed by atoms with van der Waals surface area (Å²) in [5, 5.41) is 5.08. The molecule has 3 aromatic rings. The van der Waals surface area contributed by atoms with Crippen LogP contribution in [0.2, 0.25) is 0 Å². The molecular formula is C24H24F3N3O2. The molecule has 0 saturated heterocycles. The predicted octanol–water partition coefficient (Wildman–Crippen LogP) is 5.91. The first kappa shape index (κ1) is 23.1. The molecule has 1 atom stereocenters. The average Bonchev–Trinajstić information content (AvgIpc) is 2.76. The van der Waals surface area contributed by atoms with Crippen LogP contribution in [0.1, 0.15) is 35.3 Å². The van der Waals surface area contributed by atoms with Gasteiger partial charge < -0.3 is 15.4 Å². The van der Waals surface area contributed by atoms with Crippen molar-refractivity contribution in [2.75, 3.05) is 11.9 Å². The second kappa shape index (κ2) is 10.2. The minimum atomic E-state index is -4.65. The van der Waals surface area contributed by atoms with Crippen LogP contribution in [0, 0.1) is 6.92 Å². The third-order valence-corrected chi connectivity index (χ3v) is 4.77. The Kier molecular flexibility index (Phi) is 7.35. The van der Waals surface area contributed by atoms with E-state index >= 15 is 0 Å². The number of ether oxygens (including phenoxy) is 1. The summed E-state index contributed by atoms with van der Waals surface area (Å²) in [7, 11) is 0. The van der Waals surface area contributed by atoms with E-state index in [9.17, 15) is 18.0 Å². The Morgan fingerprint density at radius 3 is 2.47 bits per heavy atom. The summed E-state index contributed by atoms with van der Waals surface area (Å²) in [5.41, 5.74) is 1.33. The molecular weight excluding hydrogens is 419 g/mol. The standard InChI is InChI=1S/C24H24F3N3O2/c1-3-32-18-11-12-20(19(15-18)24(25,26)27)29-23(31)30-22(21-6-4-5-13-28-21)14-17-9-7-16(2)8-10-17/h4-13,15,22H,3,14H2,1-2H3,(H2,29,30,31). The molecule has 5 nitrogen and oxygen atoms in total. The number of nitrogens with one attached hydrogen (secondary N) is 2. The maximum Gasteiger partial charge on any atom is 0.418 e. The van der Waals surface area contributed by atoms with Gasteiger partial charge in [0.15, 0.2) is 0 Å². The number of nitrogens with zero attached hydrogens (tertiary/aromatic N) is 1. The Labute approximate surface area is 184 Å². The molecule has 2 N–H and O–H groups in total. The molecule has 0 bridgehead atoms. The van der Waals surface area contributed by atoms with Crippen molar-refractivity contribution in [2.24, 2.45) is 0 Å². The van der Waals surface area contributed by atoms with Crippen molar-refractivity contribution in [3.63, 3.8) is 0 Å². The topological polar surface area (TPSA) is 63.2 Å². The number of urea groups is 1. The number of benzene rings is 2. The zero-order valence-electron chi connectivity index (χ0n) is 17.7. The number of hydrogen-bond donors (Lipinski definition) is 2. The quantitative estimate of drug-likeness (QED) is 0.477. The fourth-order valence-electron chi connectivity index (χ4n) is 3.21. The van der Waals surface area contributed by atoms with Crippen LogP contribution in [-0.4, -0.2) is 17.6 Å². The number of anilines is 1. The lowest BCUT2D eigenvalue weighted by Crippen LogP contribution is -2.34. The summed E-state index contributed by atoms with van der Waals surface area (Å²) in [6.07, 6.45) is -2.62. The maximum atomic E-state index is 13.5. The van der Waals surface area contributed by atoms with Gasteiger partial charge >= 0.3 is 12.2 Å². The molecule has 8 heteroatoms. The van der Waals surface area contributed by atoms with E-state index < -0.39 is 23.8 Å². The van der Waals surface area contributed by atoms with Crippen molar-refractivity contribution in [2.45, 2.75) is 32.5 Å². The van der Waals surface area contributed by atoms with Gasteiger partial charge in [0, 0.05) is 6.20 Å². The van der Waals surface area contributed by atoms with E-state index in [2.05, 4.69) is 15.6 Å². The molecule has 0 aliphatic heterocycles. The van der Waals surface area contributed by atoms with Crippen LogP contribution >= 0.6 is 0 Å². The van der Waals surface area contributed by atoms with E-state index in [1.165, 1.54) is 12.1 Å². The first-order valence-electron chi connectivity index (χ1n) is 10.1. The van der Waals surface area contributed by atoms with Crippen LogP contribution in [0.15, 0.2) is 66.9 Å². The number of carbonyl (C=O) groups excluding carboxylic acids is 1. The maximum absolute atomic E-state index is 13.5. The minimum Gasteiger partial charge on any atom is -0.494 e. The van der Waals surface area contributed by atoms with Gasteiger partial charge in [-0.1, -0.05) is 35.9 Å². The van der Waals surface area contributed by atoms with Gasteiger partial charge in [-0.2, -0.15) is 13.2 Å². The average molecular weight is 443 g/mol. The van der Waals surface area contributed by atoms with Crippen LogP contribution in [0.4, 0.5) is 23.7 Å². The molecule has 0 fully saturated rings. The van der Waals surface area contributed by atoms with Crippen molar-refractivity contribution < 1.29 is 22.7 Å². The highest BCUT2D eigenvalue weighted by molar-refractivity contribution is 5.90. The normalized spacial score (nSPS) is 12.2. The number of hydrogen-bond acceptors (Lipinski definition) is 3. The lowest BCUT2D eigenvalue weighted by molar-refractivity contribution is -0.137. The number of rotatable bonds is 7. The SMILES string of the molecule is CCOc1ccc(NC(=O)NC(Cc2ccc(C)cc2)c2ccccn2)c(C(F)(F)F)c1. The van der Waals surface area contributed by atoms with Gasteiger partial charge in [0.25, 0.3) is 0 Å². The van der Waals surface area contributed by atoms with Crippen LogP contribution < -0.4 is 15.4 Å². The molecule has 168 valence electrons. The third kappa shape index (κ3) is 6.23. The lowest BCUT2D eigenvalue weighted by atomic mass is 10.0. The van der Waals surface area contributed by atoms with Gasteiger partial charge in [0.05, 0.1) is 29.6 Å². The number of amides is 2. The molecule has 1 heterocycles. The Morgan fingerprint density at radius 2 is 1.84 bits per heavy atom. The Bertz CT molecular complexity index is 1040. The fourth-order valence-corrected chi connectivity index (χ4v) is 3.21. The highest BCUT2D eigenvalue weighted by atomic mass is 19.4. The van der Waals surface area contributed by atoms with Gasteiger partial charge in [-0.05, 0) is 56.2 Å². The van der Waals surface area contributed by atoms with E-state index in [1.54, 1.807) is 31.3 Å². The minimum absolute atomic E-state index is 0.0801. The zero-order chi connectivity index (χ0) is 23.1. The Morgan fingerprint density at radius 1 is 1.09 bits per heavy atom. The molecule has 0 aliphatic carbocycles. The van der Waals surface area contributed by atoms with Gasteiger partial charge in [-0.25, -0.2) is 4.79 Å². The molecule has 0 saturated carbocycles. The monoisotopic (exact) mass is 443 g/mol. The van der Waals surface area contributed by atoms with Gasteiger partial charge in [-0.3, -0.25) is 4.98 Å². The highest BCUT2D eigenvalue weighted by Gasteiger charge is 2.34. The molecule has 0 spiro atoms. The number of carbonyl (C=O) groups is 1. The second-order valence-corrected chi connectivity index (χ2v) is 7.23. The van der Waals surface area contributed by atoms with E-state index in [-0.39, 0.29) is 18.0 Å². The molecule has 2 amide bonds. The number of aryl methyl sites for hydroxylation is 1. The van der Waals surface area contributed by atoms with Crippen molar-refractivity contribution in [1.29, 1.82) is 0 Å². The summed E-state index contributed by atoms with van der Waals surface area (Å²) >= 11 is 0. The first-order chi connectivity index (χ1) is 15.3. The van der Waals surface area contributed by atoms with Crippen molar-refractivity contribution >= 4 is 11.7 Å². The lowest BCUT2D eigenvalue weighted by Gasteiger charge is -2.20. The summed E-state index contributed by atoms with van der Waals surface area (Å²) in [6, 6.07) is 15.3. The van der Waals surface area contributed by atoms with Crippen LogP contribution in [0.25, 0.3) is 0 Å². The van der Waals surface area contributed by atoms with E-state index in [0.717, 1.165) is 17.2 Å². The molecule has 3 rings (SSSR count). The third-order valence-electron chi connectivity index (χ3n) is 4.77. The molecule has 0 radical (unpaired) electrons. The summed E-state index contributed by atoms with van der Waals surface area (Å²) in [5.74, 6) is 0.0801. The second-order valence-electron chi connectivity index (χ2n) is 7.23. The first-order valence-corrected chi connectivity index (χ1v) is 10.1. The van der Waals surface area contributed by atoms with Gasteiger partial charge in [0.1, 0.15) is 5.75 Å². The van der Waals surface area contributed by atoms with E-state index in [4.69, 9.17) is 4.74 Å². The zero-order valence-corrected chi connectivity index (χ0v) is 17.7. The largest absolute Gasteiger partial charge is 0.494 e. The molecule has 32 heavy (non-hydrogen) atoms. The van der Waals surface area contributed by atoms with Crippen LogP contribution in [0.5, 0.6) is 5.75 Å². The van der Waals surface area contributed by atoms with E-state index in [0.29, 0.717) is 12.1 Å². The van der Waals surface area contributed by atoms with Crippen molar-refractivity contribution in [1.82, 2.24) is 10.3 Å². The van der Waals surface area contributed by atoms with E-state index in [1.807, 2.05) is 31.2 Å². The van der Waals surface area contributed by atoms with Crippen LogP contribution in [0.3, 0.4) is 0 Å². The highest BCUT2D eigenvalue weighted by Crippen LogP contribution is 2.37. The molecule has 2 aromatic carbocycles. The molecule has 1 aromatic heterocycles. The van der Waals surface area contributed by atoms with Crippen LogP contribution in [-0.2, 0) is 12.6 Å². The number of halogens is 3. The number of pyridine rings is 1. The summed E-state index contributed by atoms with van der Waals surface area (Å²) < 4.78 is 45.8.